The van der Waals surface area contributed by atoms with Crippen LogP contribution in [0.5, 0.6) is 0 Å². The Kier molecular flexibility index (Phi) is 8.20. The number of rotatable bonds is 8. The second-order valence-electron chi connectivity index (χ2n) is 4.39. The van der Waals surface area contributed by atoms with Crippen LogP contribution in [-0.2, 0) is 0 Å². The Bertz CT molecular complexity index is 115. The zero-order chi connectivity index (χ0) is 11.0. The molecule has 0 fully saturated rings. The van der Waals surface area contributed by atoms with Gasteiger partial charge in [0.25, 0.3) is 0 Å². The third-order valence-electron chi connectivity index (χ3n) is 3.27. The topological polar surface area (TPSA) is 38.0 Å². The third kappa shape index (κ3) is 4.97. The van der Waals surface area contributed by atoms with Crippen molar-refractivity contribution in [3.05, 3.63) is 0 Å². The first kappa shape index (κ1) is 13.9. The minimum atomic E-state index is 0.663. The fourth-order valence-corrected chi connectivity index (χ4v) is 1.84. The van der Waals surface area contributed by atoms with Crippen LogP contribution in [0.4, 0.5) is 0 Å². The van der Waals surface area contributed by atoms with E-state index in [1.807, 2.05) is 0 Å². The third-order valence-corrected chi connectivity index (χ3v) is 3.27. The van der Waals surface area contributed by atoms with E-state index >= 15 is 0 Å². The summed E-state index contributed by atoms with van der Waals surface area (Å²) in [7, 11) is 0. The molecule has 0 aliphatic carbocycles. The fourth-order valence-electron chi connectivity index (χ4n) is 1.84. The van der Waals surface area contributed by atoms with E-state index in [9.17, 15) is 0 Å². The molecule has 0 saturated carbocycles. The summed E-state index contributed by atoms with van der Waals surface area (Å²) in [6, 6.07) is 0.663. The first-order valence-corrected chi connectivity index (χ1v) is 6.10. The van der Waals surface area contributed by atoms with E-state index in [1.165, 1.54) is 12.8 Å². The van der Waals surface area contributed by atoms with Gasteiger partial charge in [-0.25, -0.2) is 0 Å². The number of nitrogens with one attached hydrogen (secondary N) is 1. The molecular formula is C12H28N2. The van der Waals surface area contributed by atoms with Gasteiger partial charge in [-0.05, 0) is 31.3 Å². The predicted octanol–water partition coefficient (Wildman–Crippen LogP) is 2.39. The number of hydrogen-bond acceptors (Lipinski definition) is 2. The molecule has 2 heteroatoms. The summed E-state index contributed by atoms with van der Waals surface area (Å²) in [6.07, 6.45) is 3.60. The quantitative estimate of drug-likeness (QED) is 0.590. The minimum absolute atomic E-state index is 0.663. The molecule has 0 aromatic carbocycles. The number of hydrogen-bond donors (Lipinski definition) is 2. The standard InChI is InChI=1S/C12H28N2/c1-5-10(3)12(11(4)6-2)14-9-7-8-13/h10-12,14H,5-9,13H2,1-4H3. The lowest BCUT2D eigenvalue weighted by atomic mass is 9.87. The zero-order valence-corrected chi connectivity index (χ0v) is 10.3. The Morgan fingerprint density at radius 2 is 1.57 bits per heavy atom. The van der Waals surface area contributed by atoms with Gasteiger partial charge in [0.2, 0.25) is 0 Å². The van der Waals surface area contributed by atoms with Crippen LogP contribution in [0.2, 0.25) is 0 Å². The SMILES string of the molecule is CCC(C)C(NCCCN)C(C)CC. The summed E-state index contributed by atoms with van der Waals surface area (Å²) in [5, 5.41) is 3.64. The van der Waals surface area contributed by atoms with Crippen molar-refractivity contribution >= 4 is 0 Å². The highest BCUT2D eigenvalue weighted by molar-refractivity contribution is 4.77. The molecule has 0 heterocycles. The van der Waals surface area contributed by atoms with Crippen molar-refractivity contribution in [3.63, 3.8) is 0 Å². The van der Waals surface area contributed by atoms with Crippen LogP contribution in [0, 0.1) is 11.8 Å². The maximum absolute atomic E-state index is 5.49. The second kappa shape index (κ2) is 8.25. The largest absolute Gasteiger partial charge is 0.330 e. The molecule has 2 nitrogen and oxygen atoms in total. The Labute approximate surface area is 89.6 Å². The lowest BCUT2D eigenvalue weighted by Gasteiger charge is -2.29. The average molecular weight is 200 g/mol. The summed E-state index contributed by atoms with van der Waals surface area (Å²) in [6.45, 7) is 11.1. The van der Waals surface area contributed by atoms with Gasteiger partial charge in [-0.1, -0.05) is 40.5 Å². The lowest BCUT2D eigenvalue weighted by Crippen LogP contribution is -2.40. The van der Waals surface area contributed by atoms with E-state index in [0.717, 1.165) is 31.3 Å². The van der Waals surface area contributed by atoms with Gasteiger partial charge >= 0.3 is 0 Å². The Morgan fingerprint density at radius 1 is 1.07 bits per heavy atom. The molecule has 86 valence electrons. The highest BCUT2D eigenvalue weighted by Gasteiger charge is 2.20. The molecule has 0 aliphatic rings. The fraction of sp³-hybridized carbons (Fsp3) is 1.00. The smallest absolute Gasteiger partial charge is 0.0118 e. The van der Waals surface area contributed by atoms with Crippen molar-refractivity contribution in [2.24, 2.45) is 17.6 Å². The Balaban J connectivity index is 3.97. The normalized spacial score (nSPS) is 17.8. The molecule has 0 bridgehead atoms. The van der Waals surface area contributed by atoms with Crippen molar-refractivity contribution < 1.29 is 0 Å². The van der Waals surface area contributed by atoms with Crippen LogP contribution in [-0.4, -0.2) is 19.1 Å². The molecule has 3 N–H and O–H groups in total. The molecule has 0 radical (unpaired) electrons. The van der Waals surface area contributed by atoms with E-state index < -0.39 is 0 Å². The van der Waals surface area contributed by atoms with E-state index in [-0.39, 0.29) is 0 Å². The maximum atomic E-state index is 5.49. The van der Waals surface area contributed by atoms with Crippen LogP contribution in [0.1, 0.15) is 47.0 Å². The molecule has 0 aromatic heterocycles. The Morgan fingerprint density at radius 3 is 1.93 bits per heavy atom. The molecule has 0 saturated heterocycles. The van der Waals surface area contributed by atoms with Crippen LogP contribution in [0.15, 0.2) is 0 Å². The molecule has 2 unspecified atom stereocenters. The minimum Gasteiger partial charge on any atom is -0.330 e. The van der Waals surface area contributed by atoms with Crippen molar-refractivity contribution in [3.8, 4) is 0 Å². The summed E-state index contributed by atoms with van der Waals surface area (Å²) in [5.74, 6) is 1.53. The van der Waals surface area contributed by atoms with Crippen LogP contribution in [0.3, 0.4) is 0 Å². The molecule has 0 amide bonds. The van der Waals surface area contributed by atoms with Gasteiger partial charge < -0.3 is 11.1 Å². The van der Waals surface area contributed by atoms with Gasteiger partial charge in [-0.3, -0.25) is 0 Å². The predicted molar refractivity (Wildman–Crippen MR) is 64.4 cm³/mol. The molecule has 14 heavy (non-hydrogen) atoms. The van der Waals surface area contributed by atoms with Gasteiger partial charge in [0, 0.05) is 6.04 Å². The maximum Gasteiger partial charge on any atom is 0.0118 e. The Hall–Kier alpha value is -0.0800. The molecule has 0 spiro atoms. The van der Waals surface area contributed by atoms with Gasteiger partial charge in [-0.2, -0.15) is 0 Å². The van der Waals surface area contributed by atoms with E-state index in [0.29, 0.717) is 6.04 Å². The average Bonchev–Trinajstić information content (AvgIpc) is 2.22. The summed E-state index contributed by atoms with van der Waals surface area (Å²) in [4.78, 5) is 0. The van der Waals surface area contributed by atoms with Crippen molar-refractivity contribution in [1.82, 2.24) is 5.32 Å². The summed E-state index contributed by atoms with van der Waals surface area (Å²) in [5.41, 5.74) is 5.49. The highest BCUT2D eigenvalue weighted by Crippen LogP contribution is 2.18. The van der Waals surface area contributed by atoms with Gasteiger partial charge in [0.05, 0.1) is 0 Å². The molecule has 0 aliphatic heterocycles. The van der Waals surface area contributed by atoms with Gasteiger partial charge in [-0.15, -0.1) is 0 Å². The first-order chi connectivity index (χ1) is 6.67. The lowest BCUT2D eigenvalue weighted by molar-refractivity contribution is 0.272. The van der Waals surface area contributed by atoms with E-state index in [1.54, 1.807) is 0 Å². The highest BCUT2D eigenvalue weighted by atomic mass is 14.9. The zero-order valence-electron chi connectivity index (χ0n) is 10.3. The summed E-state index contributed by atoms with van der Waals surface area (Å²) < 4.78 is 0. The summed E-state index contributed by atoms with van der Waals surface area (Å²) >= 11 is 0. The van der Waals surface area contributed by atoms with Crippen molar-refractivity contribution in [2.45, 2.75) is 53.0 Å². The van der Waals surface area contributed by atoms with Gasteiger partial charge in [0.15, 0.2) is 0 Å². The monoisotopic (exact) mass is 200 g/mol. The first-order valence-electron chi connectivity index (χ1n) is 6.10. The van der Waals surface area contributed by atoms with Crippen LogP contribution >= 0.6 is 0 Å². The van der Waals surface area contributed by atoms with E-state index in [4.69, 9.17) is 5.73 Å². The van der Waals surface area contributed by atoms with Crippen LogP contribution < -0.4 is 11.1 Å². The van der Waals surface area contributed by atoms with Crippen LogP contribution in [0.25, 0.3) is 0 Å². The van der Waals surface area contributed by atoms with Crippen molar-refractivity contribution in [2.75, 3.05) is 13.1 Å². The van der Waals surface area contributed by atoms with Gasteiger partial charge in [0.1, 0.15) is 0 Å². The molecule has 0 rings (SSSR count). The molecule has 0 aromatic rings. The molecule has 2 atom stereocenters. The van der Waals surface area contributed by atoms with E-state index in [2.05, 4.69) is 33.0 Å². The molecular weight excluding hydrogens is 172 g/mol. The second-order valence-corrected chi connectivity index (χ2v) is 4.39. The number of nitrogens with two attached hydrogens (primary N) is 1. The van der Waals surface area contributed by atoms with Crippen molar-refractivity contribution in [1.29, 1.82) is 0 Å².